The van der Waals surface area contributed by atoms with Gasteiger partial charge >= 0.3 is 0 Å². The van der Waals surface area contributed by atoms with Gasteiger partial charge in [0.2, 0.25) is 0 Å². The Morgan fingerprint density at radius 3 is 1.93 bits per heavy atom. The minimum absolute atomic E-state index is 0.00656. The van der Waals surface area contributed by atoms with Crippen LogP contribution < -0.4 is 10.6 Å². The first-order chi connectivity index (χ1) is 12.8. The van der Waals surface area contributed by atoms with Gasteiger partial charge in [-0.2, -0.15) is 0 Å². The van der Waals surface area contributed by atoms with Crippen molar-refractivity contribution >= 4 is 23.5 Å². The van der Waals surface area contributed by atoms with E-state index in [1.165, 1.54) is 0 Å². The molecule has 27 heavy (non-hydrogen) atoms. The van der Waals surface area contributed by atoms with Gasteiger partial charge in [-0.1, -0.05) is 72.3 Å². The molecule has 138 valence electrons. The Bertz CT molecular complexity index is 1010. The molecule has 3 aromatic carbocycles. The van der Waals surface area contributed by atoms with Crippen LogP contribution in [0.25, 0.3) is 0 Å². The van der Waals surface area contributed by atoms with Gasteiger partial charge in [-0.05, 0) is 44.4 Å². The number of carbonyl (C=O) groups excluding carboxylic acids is 1. The molecular weight excluding hydrogens is 351 g/mol. The lowest BCUT2D eigenvalue weighted by Gasteiger charge is -2.21. The molecule has 0 aliphatic heterocycles. The Hall–Kier alpha value is -2.44. The number of hydrogen-bond donors (Lipinski definition) is 0. The second-order valence-corrected chi connectivity index (χ2v) is 10.0. The fraction of sp³-hybridized carbons (Fsp3) is 0.208. The summed E-state index contributed by atoms with van der Waals surface area (Å²) < 4.78 is 14.3. The number of carbonyl (C=O) groups is 1. The highest BCUT2D eigenvalue weighted by molar-refractivity contribution is 7.79. The molecule has 0 radical (unpaired) electrons. The van der Waals surface area contributed by atoms with E-state index in [4.69, 9.17) is 0 Å². The van der Waals surface area contributed by atoms with Crippen molar-refractivity contribution < 1.29 is 9.36 Å². The van der Waals surface area contributed by atoms with E-state index < -0.39 is 7.14 Å². The molecule has 0 saturated heterocycles. The normalized spacial score (nSPS) is 13.2. The lowest BCUT2D eigenvalue weighted by atomic mass is 9.97. The second kappa shape index (κ2) is 7.66. The van der Waals surface area contributed by atoms with Crippen LogP contribution in [0.4, 0.5) is 0 Å². The van der Waals surface area contributed by atoms with Gasteiger partial charge in [0.15, 0.2) is 12.9 Å². The molecule has 0 bridgehead atoms. The third-order valence-corrected chi connectivity index (χ3v) is 8.14. The summed E-state index contributed by atoms with van der Waals surface area (Å²) in [6.45, 7) is 7.89. The van der Waals surface area contributed by atoms with E-state index in [9.17, 15) is 9.36 Å². The van der Waals surface area contributed by atoms with Crippen LogP contribution in [0.15, 0.2) is 66.7 Å². The van der Waals surface area contributed by atoms with Gasteiger partial charge in [0.1, 0.15) is 0 Å². The van der Waals surface area contributed by atoms with E-state index in [0.29, 0.717) is 5.56 Å². The predicted molar refractivity (Wildman–Crippen MR) is 114 cm³/mol. The Morgan fingerprint density at radius 1 is 0.778 bits per heavy atom. The van der Waals surface area contributed by atoms with E-state index in [0.717, 1.165) is 32.9 Å². The molecule has 0 amide bonds. The van der Waals surface area contributed by atoms with Crippen molar-refractivity contribution in [2.45, 2.75) is 27.7 Å². The van der Waals surface area contributed by atoms with E-state index in [1.54, 1.807) is 0 Å². The summed E-state index contributed by atoms with van der Waals surface area (Å²) in [6.07, 6.45) is 0.00656. The fourth-order valence-electron chi connectivity index (χ4n) is 3.85. The zero-order valence-corrected chi connectivity index (χ0v) is 17.2. The molecule has 0 aliphatic carbocycles. The zero-order chi connectivity index (χ0) is 19.6. The first-order valence-corrected chi connectivity index (χ1v) is 11.0. The Kier molecular flexibility index (Phi) is 5.48. The van der Waals surface area contributed by atoms with Gasteiger partial charge in [0.05, 0.1) is 6.16 Å². The number of ketones is 1. The van der Waals surface area contributed by atoms with Crippen LogP contribution in [-0.4, -0.2) is 11.9 Å². The van der Waals surface area contributed by atoms with Gasteiger partial charge < -0.3 is 4.57 Å². The summed E-state index contributed by atoms with van der Waals surface area (Å²) in [5.74, 6) is -0.0551. The highest BCUT2D eigenvalue weighted by Crippen LogP contribution is 2.45. The summed E-state index contributed by atoms with van der Waals surface area (Å²) in [4.78, 5) is 13.3. The van der Waals surface area contributed by atoms with Crippen molar-refractivity contribution in [3.63, 3.8) is 0 Å². The van der Waals surface area contributed by atoms with Crippen molar-refractivity contribution in [2.24, 2.45) is 0 Å². The molecule has 0 heterocycles. The molecule has 0 aromatic heterocycles. The van der Waals surface area contributed by atoms with Crippen LogP contribution in [0.2, 0.25) is 0 Å². The van der Waals surface area contributed by atoms with E-state index >= 15 is 0 Å². The van der Waals surface area contributed by atoms with E-state index in [-0.39, 0.29) is 11.9 Å². The zero-order valence-electron chi connectivity index (χ0n) is 16.3. The van der Waals surface area contributed by atoms with E-state index in [1.807, 2.05) is 94.4 Å². The first-order valence-electron chi connectivity index (χ1n) is 9.15. The molecule has 1 unspecified atom stereocenters. The number of Topliss-reactive ketones (excluding diaryl/α,β-unsaturated/α-hetero) is 1. The van der Waals surface area contributed by atoms with Crippen LogP contribution >= 0.6 is 7.14 Å². The molecule has 0 aliphatic rings. The van der Waals surface area contributed by atoms with E-state index in [2.05, 4.69) is 0 Å². The quantitative estimate of drug-likeness (QED) is 0.458. The molecule has 3 rings (SSSR count). The molecular formula is C24H25O2P. The molecule has 1 atom stereocenters. The Morgan fingerprint density at radius 2 is 1.33 bits per heavy atom. The molecule has 2 nitrogen and oxygen atoms in total. The number of hydrogen-bond acceptors (Lipinski definition) is 2. The Balaban J connectivity index is 2.13. The third kappa shape index (κ3) is 3.82. The number of benzene rings is 3. The molecule has 3 aromatic rings. The van der Waals surface area contributed by atoms with Crippen LogP contribution in [0, 0.1) is 27.7 Å². The van der Waals surface area contributed by atoms with Gasteiger partial charge in [-0.3, -0.25) is 4.79 Å². The van der Waals surface area contributed by atoms with Gasteiger partial charge in [0, 0.05) is 16.2 Å². The molecule has 3 heteroatoms. The lowest BCUT2D eigenvalue weighted by Crippen LogP contribution is -2.25. The minimum atomic E-state index is -3.08. The van der Waals surface area contributed by atoms with Crippen LogP contribution in [0.3, 0.4) is 0 Å². The summed E-state index contributed by atoms with van der Waals surface area (Å²) in [6, 6.07) is 21.1. The Labute approximate surface area is 161 Å². The molecule has 0 N–H and O–H groups in total. The maximum Gasteiger partial charge on any atom is 0.171 e. The maximum absolute atomic E-state index is 14.3. The number of rotatable bonds is 5. The van der Waals surface area contributed by atoms with Gasteiger partial charge in [-0.15, -0.1) is 0 Å². The summed E-state index contributed by atoms with van der Waals surface area (Å²) >= 11 is 0. The van der Waals surface area contributed by atoms with Crippen LogP contribution in [-0.2, 0) is 4.57 Å². The highest BCUT2D eigenvalue weighted by Gasteiger charge is 2.32. The fourth-order valence-corrected chi connectivity index (χ4v) is 6.67. The third-order valence-electron chi connectivity index (χ3n) is 5.00. The largest absolute Gasteiger partial charge is 0.313 e. The van der Waals surface area contributed by atoms with Crippen molar-refractivity contribution in [3.05, 3.63) is 94.5 Å². The monoisotopic (exact) mass is 376 g/mol. The van der Waals surface area contributed by atoms with Crippen LogP contribution in [0.1, 0.15) is 32.6 Å². The standard InChI is InChI=1S/C24H25O2P/c1-17-14-19(3)24(20(4)15-17)22(25)16-27(26,21-11-6-5-7-12-21)23-13-9-8-10-18(23)2/h5-15H,16H2,1-4H3. The average Bonchev–Trinajstić information content (AvgIpc) is 2.61. The van der Waals surface area contributed by atoms with Crippen molar-refractivity contribution in [1.82, 2.24) is 0 Å². The lowest BCUT2D eigenvalue weighted by molar-refractivity contribution is 0.101. The minimum Gasteiger partial charge on any atom is -0.313 e. The van der Waals surface area contributed by atoms with Crippen molar-refractivity contribution in [1.29, 1.82) is 0 Å². The second-order valence-electron chi connectivity index (χ2n) is 7.22. The van der Waals surface area contributed by atoms with Gasteiger partial charge in [-0.25, -0.2) is 0 Å². The molecule has 0 spiro atoms. The van der Waals surface area contributed by atoms with Crippen molar-refractivity contribution in [2.75, 3.05) is 6.16 Å². The smallest absolute Gasteiger partial charge is 0.171 e. The summed E-state index contributed by atoms with van der Waals surface area (Å²) in [7, 11) is -3.08. The molecule has 0 saturated carbocycles. The molecule has 0 fully saturated rings. The number of aryl methyl sites for hydroxylation is 4. The summed E-state index contributed by atoms with van der Waals surface area (Å²) in [5.41, 5.74) is 4.68. The van der Waals surface area contributed by atoms with Crippen LogP contribution in [0.5, 0.6) is 0 Å². The topological polar surface area (TPSA) is 34.1 Å². The predicted octanol–water partition coefficient (Wildman–Crippen LogP) is 5.12. The highest BCUT2D eigenvalue weighted by atomic mass is 31.2. The maximum atomic E-state index is 14.3. The summed E-state index contributed by atoms with van der Waals surface area (Å²) in [5, 5.41) is 1.50. The average molecular weight is 376 g/mol. The SMILES string of the molecule is Cc1cc(C)c(C(=O)CP(=O)(c2ccccc2)c2ccccc2C)c(C)c1. The first kappa shape index (κ1) is 19.3. The van der Waals surface area contributed by atoms with Gasteiger partial charge in [0.25, 0.3) is 0 Å². The van der Waals surface area contributed by atoms with Crippen molar-refractivity contribution in [3.8, 4) is 0 Å².